The van der Waals surface area contributed by atoms with Crippen molar-refractivity contribution in [3.63, 3.8) is 0 Å². The predicted molar refractivity (Wildman–Crippen MR) is 69.6 cm³/mol. The van der Waals surface area contributed by atoms with Crippen molar-refractivity contribution in [2.24, 2.45) is 5.10 Å². The molecule has 0 aromatic heterocycles. The summed E-state index contributed by atoms with van der Waals surface area (Å²) in [4.78, 5) is 24.6. The van der Waals surface area contributed by atoms with E-state index in [9.17, 15) is 9.59 Å². The lowest BCUT2D eigenvalue weighted by atomic mass is 10.2. The zero-order chi connectivity index (χ0) is 13.7. The van der Waals surface area contributed by atoms with Crippen molar-refractivity contribution in [1.82, 2.24) is 9.91 Å². The average Bonchev–Trinajstić information content (AvgIpc) is 2.70. The van der Waals surface area contributed by atoms with E-state index in [0.29, 0.717) is 6.42 Å². The Hall–Kier alpha value is -2.21. The van der Waals surface area contributed by atoms with Crippen LogP contribution in [-0.4, -0.2) is 52.9 Å². The fourth-order valence-electron chi connectivity index (χ4n) is 1.74. The molecule has 0 spiro atoms. The molecule has 0 radical (unpaired) electrons. The van der Waals surface area contributed by atoms with Crippen LogP contribution in [0.15, 0.2) is 35.4 Å². The zero-order valence-corrected chi connectivity index (χ0v) is 10.4. The largest absolute Gasteiger partial charge is 0.396 e. The number of urea groups is 1. The molecule has 1 aliphatic heterocycles. The summed E-state index contributed by atoms with van der Waals surface area (Å²) >= 11 is 0. The van der Waals surface area contributed by atoms with E-state index in [0.717, 1.165) is 15.5 Å². The molecule has 1 N–H and O–H groups in total. The minimum atomic E-state index is -0.439. The number of amides is 3. The monoisotopic (exact) mass is 261 g/mol. The average molecular weight is 261 g/mol. The summed E-state index contributed by atoms with van der Waals surface area (Å²) in [5.41, 5.74) is 0.858. The van der Waals surface area contributed by atoms with Crippen molar-refractivity contribution in [1.29, 1.82) is 0 Å². The first-order valence-electron chi connectivity index (χ1n) is 6.04. The molecule has 1 saturated heterocycles. The van der Waals surface area contributed by atoms with Crippen molar-refractivity contribution in [3.05, 3.63) is 35.9 Å². The van der Waals surface area contributed by atoms with E-state index in [1.165, 1.54) is 0 Å². The van der Waals surface area contributed by atoms with E-state index in [4.69, 9.17) is 5.11 Å². The van der Waals surface area contributed by atoms with Crippen molar-refractivity contribution in [3.8, 4) is 0 Å². The van der Waals surface area contributed by atoms with Crippen LogP contribution in [0.5, 0.6) is 0 Å². The maximum Gasteiger partial charge on any atom is 0.347 e. The Kier molecular flexibility index (Phi) is 4.25. The van der Waals surface area contributed by atoms with E-state index in [-0.39, 0.29) is 25.6 Å². The molecule has 0 saturated carbocycles. The molecule has 100 valence electrons. The van der Waals surface area contributed by atoms with Gasteiger partial charge in [0.15, 0.2) is 0 Å². The summed E-state index contributed by atoms with van der Waals surface area (Å²) in [5, 5.41) is 13.9. The van der Waals surface area contributed by atoms with Gasteiger partial charge in [-0.2, -0.15) is 5.10 Å². The number of hydrogen-bond donors (Lipinski definition) is 1. The van der Waals surface area contributed by atoms with Gasteiger partial charge >= 0.3 is 6.03 Å². The van der Waals surface area contributed by atoms with Crippen LogP contribution in [-0.2, 0) is 4.79 Å². The Morgan fingerprint density at radius 3 is 2.68 bits per heavy atom. The molecule has 19 heavy (non-hydrogen) atoms. The first kappa shape index (κ1) is 13.2. The summed E-state index contributed by atoms with van der Waals surface area (Å²) in [7, 11) is 0. The minimum absolute atomic E-state index is 0.0480. The third-order valence-electron chi connectivity index (χ3n) is 2.72. The Labute approximate surface area is 110 Å². The van der Waals surface area contributed by atoms with Crippen LogP contribution in [0.3, 0.4) is 0 Å². The SMILES string of the molecule is O=C1CN(/N=C/c2ccccc2)C(=O)N1CCCO. The molecule has 3 amide bonds. The van der Waals surface area contributed by atoms with Crippen molar-refractivity contribution in [2.75, 3.05) is 19.7 Å². The van der Waals surface area contributed by atoms with Gasteiger partial charge in [-0.15, -0.1) is 0 Å². The van der Waals surface area contributed by atoms with Gasteiger partial charge in [-0.05, 0) is 12.0 Å². The summed E-state index contributed by atoms with van der Waals surface area (Å²) in [5.74, 6) is -0.288. The van der Waals surface area contributed by atoms with E-state index < -0.39 is 6.03 Å². The molecule has 1 heterocycles. The van der Waals surface area contributed by atoms with Crippen LogP contribution >= 0.6 is 0 Å². The maximum absolute atomic E-state index is 11.9. The summed E-state index contributed by atoms with van der Waals surface area (Å²) in [6.45, 7) is 0.128. The number of nitrogens with zero attached hydrogens (tertiary/aromatic N) is 3. The quantitative estimate of drug-likeness (QED) is 0.625. The Balaban J connectivity index is 2.01. The second-order valence-electron chi connectivity index (χ2n) is 4.12. The fourth-order valence-corrected chi connectivity index (χ4v) is 1.74. The normalized spacial score (nSPS) is 15.8. The molecule has 1 aromatic carbocycles. The molecule has 1 fully saturated rings. The van der Waals surface area contributed by atoms with Gasteiger partial charge in [-0.25, -0.2) is 9.80 Å². The molecule has 0 atom stereocenters. The standard InChI is InChI=1S/C13H15N3O3/c17-8-4-7-15-12(18)10-16(13(15)19)14-9-11-5-2-1-3-6-11/h1-3,5-6,9,17H,4,7-8,10H2/b14-9+. The van der Waals surface area contributed by atoms with Crippen LogP contribution < -0.4 is 0 Å². The van der Waals surface area contributed by atoms with Crippen molar-refractivity contribution >= 4 is 18.2 Å². The molecular weight excluding hydrogens is 246 g/mol. The number of carbonyl (C=O) groups is 2. The van der Waals surface area contributed by atoms with E-state index in [1.54, 1.807) is 6.21 Å². The molecule has 0 aliphatic carbocycles. The number of rotatable bonds is 5. The van der Waals surface area contributed by atoms with Crippen LogP contribution in [0, 0.1) is 0 Å². The molecule has 2 rings (SSSR count). The lowest BCUT2D eigenvalue weighted by molar-refractivity contribution is -0.125. The van der Waals surface area contributed by atoms with Gasteiger partial charge in [-0.1, -0.05) is 30.3 Å². The predicted octanol–water partition coefficient (Wildman–Crippen LogP) is 0.667. The van der Waals surface area contributed by atoms with E-state index in [1.807, 2.05) is 30.3 Å². The van der Waals surface area contributed by atoms with Crippen LogP contribution in [0.4, 0.5) is 4.79 Å². The Bertz CT molecular complexity index is 487. The molecule has 6 heteroatoms. The highest BCUT2D eigenvalue weighted by molar-refractivity contribution is 6.02. The lowest BCUT2D eigenvalue weighted by Gasteiger charge is -2.12. The van der Waals surface area contributed by atoms with Gasteiger partial charge in [-0.3, -0.25) is 9.69 Å². The van der Waals surface area contributed by atoms with Gasteiger partial charge in [0.25, 0.3) is 5.91 Å². The van der Waals surface area contributed by atoms with Crippen molar-refractivity contribution in [2.45, 2.75) is 6.42 Å². The highest BCUT2D eigenvalue weighted by Gasteiger charge is 2.35. The maximum atomic E-state index is 11.9. The zero-order valence-electron chi connectivity index (χ0n) is 10.4. The van der Waals surface area contributed by atoms with Gasteiger partial charge < -0.3 is 5.11 Å². The molecule has 1 aromatic rings. The van der Waals surface area contributed by atoms with Crippen LogP contribution in [0.1, 0.15) is 12.0 Å². The number of hydrogen-bond acceptors (Lipinski definition) is 4. The van der Waals surface area contributed by atoms with Gasteiger partial charge in [0.05, 0.1) is 6.21 Å². The molecular formula is C13H15N3O3. The third-order valence-corrected chi connectivity index (χ3v) is 2.72. The van der Waals surface area contributed by atoms with Crippen molar-refractivity contribution < 1.29 is 14.7 Å². The third kappa shape index (κ3) is 3.17. The van der Waals surface area contributed by atoms with E-state index >= 15 is 0 Å². The van der Waals surface area contributed by atoms with Gasteiger partial charge in [0.2, 0.25) is 0 Å². The highest BCUT2D eigenvalue weighted by atomic mass is 16.3. The smallest absolute Gasteiger partial charge is 0.347 e. The first-order chi connectivity index (χ1) is 9.22. The van der Waals surface area contributed by atoms with Gasteiger partial charge in [0, 0.05) is 13.2 Å². The fraction of sp³-hybridized carbons (Fsp3) is 0.308. The lowest BCUT2D eigenvalue weighted by Crippen LogP contribution is -2.32. The number of benzene rings is 1. The number of aliphatic hydroxyl groups excluding tert-OH is 1. The number of aliphatic hydroxyl groups is 1. The molecule has 0 bridgehead atoms. The Morgan fingerprint density at radius 2 is 2.00 bits per heavy atom. The molecule has 6 nitrogen and oxygen atoms in total. The topological polar surface area (TPSA) is 73.2 Å². The summed E-state index contributed by atoms with van der Waals surface area (Å²) < 4.78 is 0. The van der Waals surface area contributed by atoms with Crippen LogP contribution in [0.2, 0.25) is 0 Å². The summed E-state index contributed by atoms with van der Waals surface area (Å²) in [6.07, 6.45) is 1.93. The Morgan fingerprint density at radius 1 is 1.26 bits per heavy atom. The molecule has 0 unspecified atom stereocenters. The second kappa shape index (κ2) is 6.10. The minimum Gasteiger partial charge on any atom is -0.396 e. The summed E-state index contributed by atoms with van der Waals surface area (Å²) in [6, 6.07) is 8.90. The highest BCUT2D eigenvalue weighted by Crippen LogP contribution is 2.11. The molecule has 1 aliphatic rings. The number of hydrazone groups is 1. The van der Waals surface area contributed by atoms with E-state index in [2.05, 4.69) is 5.10 Å². The van der Waals surface area contributed by atoms with Crippen LogP contribution in [0.25, 0.3) is 0 Å². The number of carbonyl (C=O) groups excluding carboxylic acids is 2. The van der Waals surface area contributed by atoms with Gasteiger partial charge in [0.1, 0.15) is 6.54 Å². The second-order valence-corrected chi connectivity index (χ2v) is 4.12. The number of imide groups is 1. The first-order valence-corrected chi connectivity index (χ1v) is 6.04.